The number of aromatic nitrogens is 4. The first kappa shape index (κ1) is 20.7. The summed E-state index contributed by atoms with van der Waals surface area (Å²) in [5.74, 6) is -0.346. The highest BCUT2D eigenvalue weighted by Gasteiger charge is 2.41. The van der Waals surface area contributed by atoms with E-state index in [1.54, 1.807) is 18.5 Å². The number of carbonyl (C=O) groups excluding carboxylic acids is 1. The van der Waals surface area contributed by atoms with Gasteiger partial charge in [-0.05, 0) is 39.5 Å². The second-order valence-electron chi connectivity index (χ2n) is 6.99. The highest BCUT2D eigenvalue weighted by atomic mass is 35.5. The first-order chi connectivity index (χ1) is 13.1. The molecule has 3 rings (SSSR count). The van der Waals surface area contributed by atoms with Crippen molar-refractivity contribution in [3.63, 3.8) is 0 Å². The summed E-state index contributed by atoms with van der Waals surface area (Å²) < 4.78 is 42.9. The van der Waals surface area contributed by atoms with Crippen LogP contribution in [0.2, 0.25) is 5.02 Å². The van der Waals surface area contributed by atoms with Gasteiger partial charge in [-0.1, -0.05) is 18.5 Å². The number of nitrogens with zero attached hydrogens (tertiary/aromatic N) is 4. The van der Waals surface area contributed by atoms with Gasteiger partial charge in [0.25, 0.3) is 0 Å². The molecular weight excluding hydrogens is 395 g/mol. The van der Waals surface area contributed by atoms with E-state index >= 15 is 0 Å². The third-order valence-electron chi connectivity index (χ3n) is 5.13. The summed E-state index contributed by atoms with van der Waals surface area (Å²) >= 11 is 6.11. The third kappa shape index (κ3) is 3.76. The van der Waals surface area contributed by atoms with Gasteiger partial charge < -0.3 is 5.32 Å². The van der Waals surface area contributed by atoms with Crippen LogP contribution in [-0.2, 0) is 30.4 Å². The minimum Gasteiger partial charge on any atom is -0.352 e. The Bertz CT molecular complexity index is 887. The highest BCUT2D eigenvalue weighted by Crippen LogP contribution is 2.37. The fourth-order valence-electron chi connectivity index (χ4n) is 3.71. The third-order valence-corrected chi connectivity index (χ3v) is 5.67. The number of nitrogens with one attached hydrogen (secondary N) is 1. The molecule has 0 radical (unpaired) electrons. The van der Waals surface area contributed by atoms with E-state index in [1.807, 2.05) is 6.92 Å². The van der Waals surface area contributed by atoms with Crippen molar-refractivity contribution in [1.29, 1.82) is 0 Å². The lowest BCUT2D eigenvalue weighted by atomic mass is 10.1. The van der Waals surface area contributed by atoms with Crippen molar-refractivity contribution in [2.75, 3.05) is 6.54 Å². The van der Waals surface area contributed by atoms with Gasteiger partial charge in [-0.15, -0.1) is 0 Å². The van der Waals surface area contributed by atoms with Gasteiger partial charge in [0.1, 0.15) is 6.04 Å². The predicted octanol–water partition coefficient (Wildman–Crippen LogP) is 3.62. The molecule has 2 heterocycles. The molecule has 0 unspecified atom stereocenters. The molecule has 1 amide bonds. The number of carbonyl (C=O) groups is 1. The van der Waals surface area contributed by atoms with E-state index in [9.17, 15) is 18.0 Å². The van der Waals surface area contributed by atoms with Crippen LogP contribution in [0, 0.1) is 13.8 Å². The van der Waals surface area contributed by atoms with Crippen LogP contribution in [0.1, 0.15) is 54.1 Å². The first-order valence-corrected chi connectivity index (χ1v) is 9.67. The number of hydrogen-bond acceptors (Lipinski definition) is 3. The molecule has 1 aliphatic carbocycles. The molecule has 1 aliphatic rings. The molecule has 28 heavy (non-hydrogen) atoms. The SMILES string of the molecule is CC[C@@H](C(=O)NCCn1nc(C)c(Cl)c1C)n1nc(C(F)(F)F)c2c1CCC2. The molecule has 0 saturated carbocycles. The lowest BCUT2D eigenvalue weighted by Crippen LogP contribution is -2.35. The summed E-state index contributed by atoms with van der Waals surface area (Å²) in [4.78, 5) is 12.7. The van der Waals surface area contributed by atoms with E-state index in [0.717, 1.165) is 5.69 Å². The van der Waals surface area contributed by atoms with Crippen LogP contribution in [0.4, 0.5) is 13.2 Å². The first-order valence-electron chi connectivity index (χ1n) is 9.29. The zero-order chi connectivity index (χ0) is 20.6. The predicted molar refractivity (Wildman–Crippen MR) is 98.3 cm³/mol. The summed E-state index contributed by atoms with van der Waals surface area (Å²) in [6.45, 7) is 6.12. The summed E-state index contributed by atoms with van der Waals surface area (Å²) in [7, 11) is 0. The number of alkyl halides is 3. The maximum absolute atomic E-state index is 13.3. The summed E-state index contributed by atoms with van der Waals surface area (Å²) in [6, 6.07) is -0.771. The highest BCUT2D eigenvalue weighted by molar-refractivity contribution is 6.31. The zero-order valence-corrected chi connectivity index (χ0v) is 16.8. The lowest BCUT2D eigenvalue weighted by Gasteiger charge is -2.18. The van der Waals surface area contributed by atoms with Crippen molar-refractivity contribution in [3.05, 3.63) is 33.4 Å². The van der Waals surface area contributed by atoms with E-state index in [4.69, 9.17) is 11.6 Å². The summed E-state index contributed by atoms with van der Waals surface area (Å²) in [5.41, 5.74) is 1.42. The van der Waals surface area contributed by atoms with Gasteiger partial charge in [-0.25, -0.2) is 0 Å². The number of halogens is 4. The normalized spacial score (nSPS) is 15.0. The van der Waals surface area contributed by atoms with Crippen molar-refractivity contribution in [1.82, 2.24) is 24.9 Å². The van der Waals surface area contributed by atoms with E-state index in [-0.39, 0.29) is 11.5 Å². The van der Waals surface area contributed by atoms with Crippen molar-refractivity contribution < 1.29 is 18.0 Å². The van der Waals surface area contributed by atoms with Gasteiger partial charge in [0.05, 0.1) is 23.0 Å². The molecule has 1 atom stereocenters. The van der Waals surface area contributed by atoms with Crippen LogP contribution in [0.3, 0.4) is 0 Å². The molecule has 0 saturated heterocycles. The Kier molecular flexibility index (Phi) is 5.74. The zero-order valence-electron chi connectivity index (χ0n) is 16.0. The van der Waals surface area contributed by atoms with Crippen molar-refractivity contribution in [3.8, 4) is 0 Å². The van der Waals surface area contributed by atoms with Crippen LogP contribution in [0.25, 0.3) is 0 Å². The van der Waals surface area contributed by atoms with Crippen LogP contribution in [0.5, 0.6) is 0 Å². The second-order valence-corrected chi connectivity index (χ2v) is 7.37. The van der Waals surface area contributed by atoms with Gasteiger partial charge in [-0.2, -0.15) is 23.4 Å². The molecule has 0 fully saturated rings. The van der Waals surface area contributed by atoms with Crippen molar-refractivity contribution in [2.24, 2.45) is 0 Å². The summed E-state index contributed by atoms with van der Waals surface area (Å²) in [5, 5.41) is 11.5. The number of aryl methyl sites for hydroxylation is 1. The quantitative estimate of drug-likeness (QED) is 0.780. The Balaban J connectivity index is 1.73. The lowest BCUT2D eigenvalue weighted by molar-refractivity contribution is -0.142. The Labute approximate surface area is 166 Å². The monoisotopic (exact) mass is 417 g/mol. The Morgan fingerprint density at radius 3 is 2.57 bits per heavy atom. The molecule has 2 aromatic rings. The molecule has 6 nitrogen and oxygen atoms in total. The fourth-order valence-corrected chi connectivity index (χ4v) is 3.85. The number of hydrogen-bond donors (Lipinski definition) is 1. The minimum atomic E-state index is -4.51. The molecule has 0 aromatic carbocycles. The molecule has 10 heteroatoms. The van der Waals surface area contributed by atoms with Gasteiger partial charge >= 0.3 is 6.18 Å². The standard InChI is InChI=1S/C18H23ClF3N5O/c1-4-13(17(28)23-8-9-26-11(3)15(19)10(2)24-26)27-14-7-5-6-12(14)16(25-27)18(20,21)22/h13H,4-9H2,1-3H3,(H,23,28)/t13-/m0/s1. The Morgan fingerprint density at radius 2 is 2.00 bits per heavy atom. The molecular formula is C18H23ClF3N5O. The van der Waals surface area contributed by atoms with Gasteiger partial charge in [-0.3, -0.25) is 14.2 Å². The van der Waals surface area contributed by atoms with E-state index < -0.39 is 17.9 Å². The average molecular weight is 418 g/mol. The maximum atomic E-state index is 13.3. The maximum Gasteiger partial charge on any atom is 0.435 e. The molecule has 0 spiro atoms. The van der Waals surface area contributed by atoms with Crippen LogP contribution in [0.15, 0.2) is 0 Å². The Hall–Kier alpha value is -2.03. The topological polar surface area (TPSA) is 64.7 Å². The van der Waals surface area contributed by atoms with Crippen LogP contribution in [-0.4, -0.2) is 32.0 Å². The van der Waals surface area contributed by atoms with Crippen molar-refractivity contribution in [2.45, 2.75) is 65.2 Å². The van der Waals surface area contributed by atoms with Crippen LogP contribution >= 0.6 is 11.6 Å². The van der Waals surface area contributed by atoms with Gasteiger partial charge in [0.2, 0.25) is 5.91 Å². The largest absolute Gasteiger partial charge is 0.435 e. The average Bonchev–Trinajstić information content (AvgIpc) is 3.28. The van der Waals surface area contributed by atoms with E-state index in [1.165, 1.54) is 4.68 Å². The smallest absolute Gasteiger partial charge is 0.352 e. The molecule has 2 aromatic heterocycles. The van der Waals surface area contributed by atoms with Gasteiger partial charge in [0.15, 0.2) is 5.69 Å². The second kappa shape index (κ2) is 7.77. The number of rotatable bonds is 6. The number of amides is 1. The van der Waals surface area contributed by atoms with Crippen LogP contribution < -0.4 is 5.32 Å². The molecule has 0 aliphatic heterocycles. The van der Waals surface area contributed by atoms with E-state index in [0.29, 0.717) is 55.2 Å². The van der Waals surface area contributed by atoms with Gasteiger partial charge in [0, 0.05) is 17.8 Å². The molecule has 0 bridgehead atoms. The fraction of sp³-hybridized carbons (Fsp3) is 0.611. The molecule has 1 N–H and O–H groups in total. The number of fused-ring (bicyclic) bond motifs is 1. The minimum absolute atomic E-state index is 0.232. The molecule has 154 valence electrons. The van der Waals surface area contributed by atoms with Crippen molar-refractivity contribution >= 4 is 17.5 Å². The van der Waals surface area contributed by atoms with E-state index in [2.05, 4.69) is 15.5 Å². The Morgan fingerprint density at radius 1 is 1.29 bits per heavy atom. The summed E-state index contributed by atoms with van der Waals surface area (Å²) in [6.07, 6.45) is -2.66.